The van der Waals surface area contributed by atoms with E-state index in [1.54, 1.807) is 11.3 Å². The first kappa shape index (κ1) is 12.4. The molecule has 98 valence electrons. The third-order valence-corrected chi connectivity index (χ3v) is 4.23. The maximum Gasteiger partial charge on any atom is 0.134 e. The third kappa shape index (κ3) is 2.18. The molecule has 3 rings (SSSR count). The Hall–Kier alpha value is -1.62. The molecule has 0 saturated carbocycles. The number of hydrazine groups is 1. The SMILES string of the molecule is Cc1ccc2oc(C(NN)c3cscc3C)cc2c1. The molecular weight excluding hydrogens is 256 g/mol. The van der Waals surface area contributed by atoms with Crippen LogP contribution in [0.3, 0.4) is 0 Å². The van der Waals surface area contributed by atoms with Gasteiger partial charge in [0.25, 0.3) is 0 Å². The minimum Gasteiger partial charge on any atom is -0.459 e. The van der Waals surface area contributed by atoms with Crippen molar-refractivity contribution in [2.75, 3.05) is 0 Å². The lowest BCUT2D eigenvalue weighted by atomic mass is 10.0. The molecule has 0 fully saturated rings. The summed E-state index contributed by atoms with van der Waals surface area (Å²) in [7, 11) is 0. The highest BCUT2D eigenvalue weighted by Gasteiger charge is 2.19. The van der Waals surface area contributed by atoms with Crippen molar-refractivity contribution in [2.45, 2.75) is 19.9 Å². The molecule has 0 aliphatic carbocycles. The van der Waals surface area contributed by atoms with Crippen LogP contribution in [-0.2, 0) is 0 Å². The number of aryl methyl sites for hydroxylation is 2. The second kappa shape index (κ2) is 4.81. The van der Waals surface area contributed by atoms with E-state index >= 15 is 0 Å². The van der Waals surface area contributed by atoms with Crippen molar-refractivity contribution < 1.29 is 4.42 Å². The van der Waals surface area contributed by atoms with E-state index in [0.717, 1.165) is 16.7 Å². The summed E-state index contributed by atoms with van der Waals surface area (Å²) in [5.41, 5.74) is 7.37. The number of hydrogen-bond acceptors (Lipinski definition) is 4. The quantitative estimate of drug-likeness (QED) is 0.565. The number of nitrogens with two attached hydrogens (primary N) is 1. The molecule has 3 N–H and O–H groups in total. The monoisotopic (exact) mass is 272 g/mol. The minimum absolute atomic E-state index is 0.0982. The van der Waals surface area contributed by atoms with E-state index in [1.807, 2.05) is 6.07 Å². The van der Waals surface area contributed by atoms with Gasteiger partial charge < -0.3 is 4.42 Å². The molecule has 19 heavy (non-hydrogen) atoms. The van der Waals surface area contributed by atoms with Crippen LogP contribution < -0.4 is 11.3 Å². The summed E-state index contributed by atoms with van der Waals surface area (Å²) in [5.74, 6) is 6.56. The Kier molecular flexibility index (Phi) is 3.14. The molecule has 0 bridgehead atoms. The van der Waals surface area contributed by atoms with Gasteiger partial charge in [0.2, 0.25) is 0 Å². The Morgan fingerprint density at radius 2 is 2.05 bits per heavy atom. The lowest BCUT2D eigenvalue weighted by molar-refractivity contribution is 0.477. The maximum atomic E-state index is 5.92. The van der Waals surface area contributed by atoms with Crippen LogP contribution in [0.4, 0.5) is 0 Å². The minimum atomic E-state index is -0.0982. The van der Waals surface area contributed by atoms with Gasteiger partial charge in [-0.1, -0.05) is 11.6 Å². The zero-order valence-electron chi connectivity index (χ0n) is 10.9. The number of fused-ring (bicyclic) bond motifs is 1. The predicted molar refractivity (Wildman–Crippen MR) is 79.2 cm³/mol. The van der Waals surface area contributed by atoms with E-state index in [0.29, 0.717) is 0 Å². The smallest absolute Gasteiger partial charge is 0.134 e. The molecule has 0 amide bonds. The van der Waals surface area contributed by atoms with Gasteiger partial charge in [-0.2, -0.15) is 11.3 Å². The van der Waals surface area contributed by atoms with Gasteiger partial charge in [0.15, 0.2) is 0 Å². The van der Waals surface area contributed by atoms with E-state index in [1.165, 1.54) is 16.7 Å². The van der Waals surface area contributed by atoms with E-state index in [4.69, 9.17) is 10.3 Å². The van der Waals surface area contributed by atoms with Gasteiger partial charge in [0.1, 0.15) is 17.4 Å². The van der Waals surface area contributed by atoms with Crippen LogP contribution in [0.2, 0.25) is 0 Å². The third-order valence-electron chi connectivity index (χ3n) is 3.35. The average molecular weight is 272 g/mol. The second-order valence-electron chi connectivity index (χ2n) is 4.80. The molecule has 0 saturated heterocycles. The lowest BCUT2D eigenvalue weighted by Crippen LogP contribution is -2.28. The number of benzene rings is 1. The molecule has 2 aromatic heterocycles. The van der Waals surface area contributed by atoms with Crippen molar-refractivity contribution in [1.29, 1.82) is 0 Å². The van der Waals surface area contributed by atoms with Crippen LogP contribution in [0, 0.1) is 13.8 Å². The molecule has 4 heteroatoms. The summed E-state index contributed by atoms with van der Waals surface area (Å²) in [6, 6.07) is 8.14. The molecule has 0 radical (unpaired) electrons. The number of rotatable bonds is 3. The fraction of sp³-hybridized carbons (Fsp3) is 0.200. The highest BCUT2D eigenvalue weighted by molar-refractivity contribution is 7.08. The molecule has 1 unspecified atom stereocenters. The summed E-state index contributed by atoms with van der Waals surface area (Å²) in [6.45, 7) is 4.16. The summed E-state index contributed by atoms with van der Waals surface area (Å²) >= 11 is 1.68. The van der Waals surface area contributed by atoms with Crippen LogP contribution in [0.5, 0.6) is 0 Å². The summed E-state index contributed by atoms with van der Waals surface area (Å²) in [4.78, 5) is 0. The predicted octanol–water partition coefficient (Wildman–Crippen LogP) is 3.66. The molecule has 2 heterocycles. The molecule has 3 aromatic rings. The Labute approximate surface area is 116 Å². The highest BCUT2D eigenvalue weighted by atomic mass is 32.1. The van der Waals surface area contributed by atoms with E-state index < -0.39 is 0 Å². The van der Waals surface area contributed by atoms with Crippen molar-refractivity contribution in [1.82, 2.24) is 5.43 Å². The molecule has 1 aromatic carbocycles. The Morgan fingerprint density at radius 1 is 1.21 bits per heavy atom. The fourth-order valence-electron chi connectivity index (χ4n) is 2.32. The van der Waals surface area contributed by atoms with Crippen molar-refractivity contribution >= 4 is 22.3 Å². The van der Waals surface area contributed by atoms with Crippen molar-refractivity contribution in [3.63, 3.8) is 0 Å². The number of thiophene rings is 1. The average Bonchev–Trinajstić information content (AvgIpc) is 2.97. The second-order valence-corrected chi connectivity index (χ2v) is 5.54. The number of nitrogens with one attached hydrogen (secondary N) is 1. The fourth-order valence-corrected chi connectivity index (χ4v) is 3.19. The van der Waals surface area contributed by atoms with E-state index in [2.05, 4.69) is 48.2 Å². The van der Waals surface area contributed by atoms with Gasteiger partial charge >= 0.3 is 0 Å². The van der Waals surface area contributed by atoms with Crippen molar-refractivity contribution in [3.8, 4) is 0 Å². The van der Waals surface area contributed by atoms with Gasteiger partial charge in [0, 0.05) is 5.39 Å². The standard InChI is InChI=1S/C15H16N2OS/c1-9-3-4-13-11(5-9)6-14(18-13)15(17-16)12-8-19-7-10(12)2/h3-8,15,17H,16H2,1-2H3. The molecule has 0 aliphatic heterocycles. The Morgan fingerprint density at radius 3 is 2.74 bits per heavy atom. The molecule has 3 nitrogen and oxygen atoms in total. The van der Waals surface area contributed by atoms with Gasteiger partial charge in [-0.25, -0.2) is 5.43 Å². The molecule has 0 spiro atoms. The highest BCUT2D eigenvalue weighted by Crippen LogP contribution is 2.31. The first-order chi connectivity index (χ1) is 9.19. The van der Waals surface area contributed by atoms with E-state index in [-0.39, 0.29) is 6.04 Å². The van der Waals surface area contributed by atoms with Gasteiger partial charge in [-0.15, -0.1) is 0 Å². The van der Waals surface area contributed by atoms with Crippen LogP contribution in [0.15, 0.2) is 39.4 Å². The zero-order chi connectivity index (χ0) is 13.4. The van der Waals surface area contributed by atoms with Crippen molar-refractivity contribution in [3.05, 3.63) is 57.5 Å². The lowest BCUT2D eigenvalue weighted by Gasteiger charge is -2.12. The molecule has 1 atom stereocenters. The zero-order valence-corrected chi connectivity index (χ0v) is 11.8. The largest absolute Gasteiger partial charge is 0.459 e. The topological polar surface area (TPSA) is 51.2 Å². The van der Waals surface area contributed by atoms with Crippen LogP contribution in [-0.4, -0.2) is 0 Å². The molecule has 0 aliphatic rings. The first-order valence-electron chi connectivity index (χ1n) is 6.18. The van der Waals surface area contributed by atoms with E-state index in [9.17, 15) is 0 Å². The van der Waals surface area contributed by atoms with Crippen molar-refractivity contribution in [2.24, 2.45) is 5.84 Å². The maximum absolute atomic E-state index is 5.92. The summed E-state index contributed by atoms with van der Waals surface area (Å²) in [6.07, 6.45) is 0. The Balaban J connectivity index is 2.09. The normalized spacial score (nSPS) is 13.0. The van der Waals surface area contributed by atoms with Crippen LogP contribution in [0.1, 0.15) is 28.5 Å². The van der Waals surface area contributed by atoms with Gasteiger partial charge in [-0.3, -0.25) is 5.84 Å². The number of hydrogen-bond donors (Lipinski definition) is 2. The summed E-state index contributed by atoms with van der Waals surface area (Å²) in [5, 5.41) is 5.34. The van der Waals surface area contributed by atoms with Crippen LogP contribution in [0.25, 0.3) is 11.0 Å². The van der Waals surface area contributed by atoms with Gasteiger partial charge in [0.05, 0.1) is 0 Å². The van der Waals surface area contributed by atoms with Gasteiger partial charge in [-0.05, 0) is 53.9 Å². The molecular formula is C15H16N2OS. The number of furan rings is 1. The Bertz CT molecular complexity index is 714. The van der Waals surface area contributed by atoms with Crippen LogP contribution >= 0.6 is 11.3 Å². The first-order valence-corrected chi connectivity index (χ1v) is 7.12. The summed E-state index contributed by atoms with van der Waals surface area (Å²) < 4.78 is 5.92.